The lowest BCUT2D eigenvalue weighted by Gasteiger charge is -2.13. The zero-order valence-electron chi connectivity index (χ0n) is 9.73. The summed E-state index contributed by atoms with van der Waals surface area (Å²) in [5.74, 6) is 0.411. The van der Waals surface area contributed by atoms with Gasteiger partial charge in [-0.15, -0.1) is 0 Å². The monoisotopic (exact) mass is 243 g/mol. The zero-order valence-corrected chi connectivity index (χ0v) is 9.73. The average molecular weight is 243 g/mol. The number of nitrogens with one attached hydrogen (secondary N) is 3. The molecule has 0 radical (unpaired) electrons. The molecule has 1 aliphatic rings. The predicted molar refractivity (Wildman–Crippen MR) is 66.2 cm³/mol. The van der Waals surface area contributed by atoms with Gasteiger partial charge in [-0.25, -0.2) is 0 Å². The number of fused-ring (bicyclic) bond motifs is 1. The molecule has 3 rings (SSSR count). The number of pyridine rings is 1. The summed E-state index contributed by atoms with van der Waals surface area (Å²) in [7, 11) is 0. The molecule has 1 amide bonds. The van der Waals surface area contributed by atoms with E-state index in [0.717, 1.165) is 30.8 Å². The molecule has 0 saturated carbocycles. The van der Waals surface area contributed by atoms with Crippen molar-refractivity contribution in [3.63, 3.8) is 0 Å². The van der Waals surface area contributed by atoms with Crippen LogP contribution in [0.5, 0.6) is 0 Å². The van der Waals surface area contributed by atoms with E-state index in [1.54, 1.807) is 18.3 Å². The molecule has 0 bridgehead atoms. The average Bonchev–Trinajstić information content (AvgIpc) is 2.83. The molecular weight excluding hydrogens is 230 g/mol. The number of amides is 1. The number of hydrogen-bond donors (Lipinski definition) is 3. The number of anilines is 1. The van der Waals surface area contributed by atoms with Crippen molar-refractivity contribution < 1.29 is 4.79 Å². The van der Waals surface area contributed by atoms with Crippen LogP contribution in [-0.2, 0) is 13.0 Å². The van der Waals surface area contributed by atoms with Gasteiger partial charge in [0.15, 0.2) is 5.82 Å². The summed E-state index contributed by atoms with van der Waals surface area (Å²) < 4.78 is 0. The van der Waals surface area contributed by atoms with E-state index in [0.29, 0.717) is 11.4 Å². The van der Waals surface area contributed by atoms with E-state index in [1.165, 1.54) is 6.20 Å². The van der Waals surface area contributed by atoms with Gasteiger partial charge < -0.3 is 10.6 Å². The number of aromatic nitrogens is 3. The maximum absolute atomic E-state index is 12.0. The van der Waals surface area contributed by atoms with Crippen molar-refractivity contribution >= 4 is 11.7 Å². The molecule has 0 aliphatic carbocycles. The second-order valence-corrected chi connectivity index (χ2v) is 4.15. The van der Waals surface area contributed by atoms with Crippen molar-refractivity contribution in [3.05, 3.63) is 41.3 Å². The summed E-state index contributed by atoms with van der Waals surface area (Å²) in [6.45, 7) is 1.67. The van der Waals surface area contributed by atoms with Gasteiger partial charge >= 0.3 is 0 Å². The molecule has 0 spiro atoms. The fraction of sp³-hybridized carbons (Fsp3) is 0.250. The molecule has 0 unspecified atom stereocenters. The van der Waals surface area contributed by atoms with Gasteiger partial charge in [-0.05, 0) is 12.1 Å². The Kier molecular flexibility index (Phi) is 2.77. The van der Waals surface area contributed by atoms with Crippen LogP contribution in [-0.4, -0.2) is 27.6 Å². The summed E-state index contributed by atoms with van der Waals surface area (Å²) in [6, 6.07) is 3.45. The van der Waals surface area contributed by atoms with E-state index in [9.17, 15) is 4.79 Å². The van der Waals surface area contributed by atoms with Crippen LogP contribution in [0.3, 0.4) is 0 Å². The normalized spacial score (nSPS) is 14.0. The van der Waals surface area contributed by atoms with Crippen LogP contribution in [0.15, 0.2) is 24.5 Å². The van der Waals surface area contributed by atoms with Crippen molar-refractivity contribution in [2.45, 2.75) is 13.0 Å². The molecular formula is C12H13N5O. The Morgan fingerprint density at radius 1 is 1.44 bits per heavy atom. The van der Waals surface area contributed by atoms with Crippen LogP contribution in [0.1, 0.15) is 21.6 Å². The first-order valence-corrected chi connectivity index (χ1v) is 5.83. The molecule has 0 aromatic carbocycles. The Hall–Kier alpha value is -2.21. The van der Waals surface area contributed by atoms with Gasteiger partial charge in [0.1, 0.15) is 0 Å². The van der Waals surface area contributed by atoms with Gasteiger partial charge in [-0.1, -0.05) is 0 Å². The minimum atomic E-state index is -0.192. The second-order valence-electron chi connectivity index (χ2n) is 4.15. The summed E-state index contributed by atoms with van der Waals surface area (Å²) in [6.07, 6.45) is 4.08. The predicted octanol–water partition coefficient (Wildman–Crippen LogP) is 0.703. The molecule has 6 heteroatoms. The van der Waals surface area contributed by atoms with E-state index in [-0.39, 0.29) is 5.91 Å². The van der Waals surface area contributed by atoms with E-state index in [4.69, 9.17) is 0 Å². The maximum Gasteiger partial charge on any atom is 0.258 e. The molecule has 3 heterocycles. The lowest BCUT2D eigenvalue weighted by molar-refractivity contribution is 0.102. The van der Waals surface area contributed by atoms with Gasteiger partial charge in [0, 0.05) is 43.2 Å². The van der Waals surface area contributed by atoms with E-state index < -0.39 is 0 Å². The SMILES string of the molecule is O=C(Nc1n[nH]c2c1CNCC2)c1cccnc1. The van der Waals surface area contributed by atoms with Crippen LogP contribution in [0.4, 0.5) is 5.82 Å². The molecule has 2 aromatic rings. The molecule has 0 atom stereocenters. The lowest BCUT2D eigenvalue weighted by Crippen LogP contribution is -2.24. The smallest absolute Gasteiger partial charge is 0.258 e. The van der Waals surface area contributed by atoms with Crippen molar-refractivity contribution in [1.29, 1.82) is 0 Å². The third-order valence-electron chi connectivity index (χ3n) is 2.96. The fourth-order valence-electron chi connectivity index (χ4n) is 2.01. The van der Waals surface area contributed by atoms with Gasteiger partial charge in [0.2, 0.25) is 0 Å². The van der Waals surface area contributed by atoms with Gasteiger partial charge in [-0.2, -0.15) is 5.10 Å². The van der Waals surface area contributed by atoms with Crippen molar-refractivity contribution in [1.82, 2.24) is 20.5 Å². The largest absolute Gasteiger partial charge is 0.312 e. The number of aromatic amines is 1. The van der Waals surface area contributed by atoms with Gasteiger partial charge in [-0.3, -0.25) is 14.9 Å². The second kappa shape index (κ2) is 4.58. The molecule has 3 N–H and O–H groups in total. The fourth-order valence-corrected chi connectivity index (χ4v) is 2.01. The number of carbonyl (C=O) groups excluding carboxylic acids is 1. The summed E-state index contributed by atoms with van der Waals surface area (Å²) in [5.41, 5.74) is 2.66. The highest BCUT2D eigenvalue weighted by Crippen LogP contribution is 2.20. The first-order valence-electron chi connectivity index (χ1n) is 5.83. The first-order chi connectivity index (χ1) is 8.84. The standard InChI is InChI=1S/C12H13N5O/c18-12(8-2-1-4-13-6-8)15-11-9-7-14-5-3-10(9)16-17-11/h1-2,4,6,14H,3,5,7H2,(H2,15,16,17,18). The summed E-state index contributed by atoms with van der Waals surface area (Å²) in [5, 5.41) is 13.2. The topological polar surface area (TPSA) is 82.7 Å². The molecule has 18 heavy (non-hydrogen) atoms. The van der Waals surface area contributed by atoms with Crippen LogP contribution >= 0.6 is 0 Å². The van der Waals surface area contributed by atoms with E-state index in [2.05, 4.69) is 25.8 Å². The zero-order chi connectivity index (χ0) is 12.4. The highest BCUT2D eigenvalue weighted by atomic mass is 16.1. The Bertz CT molecular complexity index is 563. The van der Waals surface area contributed by atoms with Gasteiger partial charge in [0.05, 0.1) is 5.56 Å². The number of nitrogens with zero attached hydrogens (tertiary/aromatic N) is 2. The Morgan fingerprint density at radius 3 is 3.22 bits per heavy atom. The number of rotatable bonds is 2. The number of hydrogen-bond acceptors (Lipinski definition) is 4. The molecule has 0 fully saturated rings. The molecule has 6 nitrogen and oxygen atoms in total. The molecule has 0 saturated heterocycles. The van der Waals surface area contributed by atoms with Gasteiger partial charge in [0.25, 0.3) is 5.91 Å². The summed E-state index contributed by atoms with van der Waals surface area (Å²) in [4.78, 5) is 15.9. The number of carbonyl (C=O) groups is 1. The number of H-pyrrole nitrogens is 1. The van der Waals surface area contributed by atoms with Crippen LogP contribution in [0, 0.1) is 0 Å². The molecule has 1 aliphatic heterocycles. The van der Waals surface area contributed by atoms with E-state index >= 15 is 0 Å². The minimum Gasteiger partial charge on any atom is -0.312 e. The van der Waals surface area contributed by atoms with Crippen LogP contribution in [0.25, 0.3) is 0 Å². The van der Waals surface area contributed by atoms with Crippen molar-refractivity contribution in [2.75, 3.05) is 11.9 Å². The Morgan fingerprint density at radius 2 is 2.39 bits per heavy atom. The maximum atomic E-state index is 12.0. The molecule has 92 valence electrons. The highest BCUT2D eigenvalue weighted by molar-refractivity contribution is 6.03. The van der Waals surface area contributed by atoms with Crippen LogP contribution in [0.2, 0.25) is 0 Å². The Balaban J connectivity index is 1.81. The highest BCUT2D eigenvalue weighted by Gasteiger charge is 2.18. The lowest BCUT2D eigenvalue weighted by atomic mass is 10.1. The summed E-state index contributed by atoms with van der Waals surface area (Å²) >= 11 is 0. The quantitative estimate of drug-likeness (QED) is 0.725. The third kappa shape index (κ3) is 1.98. The Labute approximate surface area is 104 Å². The third-order valence-corrected chi connectivity index (χ3v) is 2.96. The minimum absolute atomic E-state index is 0.192. The molecule has 2 aromatic heterocycles. The van der Waals surface area contributed by atoms with E-state index in [1.807, 2.05) is 0 Å². The van der Waals surface area contributed by atoms with Crippen molar-refractivity contribution in [3.8, 4) is 0 Å². The van der Waals surface area contributed by atoms with Crippen LogP contribution < -0.4 is 10.6 Å². The first kappa shape index (κ1) is 10.9. The van der Waals surface area contributed by atoms with Crippen molar-refractivity contribution in [2.24, 2.45) is 0 Å².